The largest absolute Gasteiger partial charge is 0.454 e. The average Bonchev–Trinajstić information content (AvgIpc) is 3.35. The van der Waals surface area contributed by atoms with E-state index in [4.69, 9.17) is 13.9 Å². The number of aryl methyl sites for hydroxylation is 1. The number of aromatic nitrogens is 2. The summed E-state index contributed by atoms with van der Waals surface area (Å²) in [5.41, 5.74) is 1.94. The van der Waals surface area contributed by atoms with E-state index in [1.807, 2.05) is 0 Å². The van der Waals surface area contributed by atoms with Gasteiger partial charge in [0.05, 0.1) is 0 Å². The van der Waals surface area contributed by atoms with Gasteiger partial charge in [-0.15, -0.1) is 16.9 Å². The molecule has 0 aliphatic carbocycles. The summed E-state index contributed by atoms with van der Waals surface area (Å²) >= 11 is 1.74. The highest BCUT2D eigenvalue weighted by Crippen LogP contribution is 2.35. The molecule has 7 nitrogen and oxygen atoms in total. The molecule has 4 rings (SSSR count). The van der Waals surface area contributed by atoms with Crippen molar-refractivity contribution in [1.82, 2.24) is 10.2 Å². The summed E-state index contributed by atoms with van der Waals surface area (Å²) in [5, 5.41) is 10.5. The lowest BCUT2D eigenvalue weighted by Gasteiger charge is -2.02. The molecule has 3 aromatic rings. The maximum absolute atomic E-state index is 12.1. The minimum Gasteiger partial charge on any atom is -0.454 e. The summed E-state index contributed by atoms with van der Waals surface area (Å²) in [6.45, 7) is 2.26. The summed E-state index contributed by atoms with van der Waals surface area (Å²) in [6.07, 6.45) is 1.15. The van der Waals surface area contributed by atoms with E-state index < -0.39 is 0 Å². The normalized spacial score (nSPS) is 12.2. The fourth-order valence-corrected chi connectivity index (χ4v) is 3.51. The second-order valence-electron chi connectivity index (χ2n) is 6.29. The Bertz CT molecular complexity index is 972. The number of nitrogens with one attached hydrogen (secondary N) is 1. The van der Waals surface area contributed by atoms with Crippen LogP contribution in [-0.4, -0.2) is 28.7 Å². The molecule has 0 bridgehead atoms. The molecule has 8 heteroatoms. The van der Waals surface area contributed by atoms with E-state index in [2.05, 4.69) is 46.7 Å². The van der Waals surface area contributed by atoms with Gasteiger partial charge in [-0.1, -0.05) is 22.8 Å². The van der Waals surface area contributed by atoms with Crippen molar-refractivity contribution in [3.63, 3.8) is 0 Å². The number of anilines is 1. The van der Waals surface area contributed by atoms with Crippen LogP contribution in [0.2, 0.25) is 0 Å². The predicted molar refractivity (Wildman–Crippen MR) is 106 cm³/mol. The Morgan fingerprint density at radius 1 is 1.11 bits per heavy atom. The molecule has 1 aliphatic heterocycles. The number of carbonyl (C=O) groups is 1. The van der Waals surface area contributed by atoms with Gasteiger partial charge >= 0.3 is 6.01 Å². The first-order chi connectivity index (χ1) is 13.7. The van der Waals surface area contributed by atoms with E-state index in [-0.39, 0.29) is 18.7 Å². The third-order valence-electron chi connectivity index (χ3n) is 4.13. The Hall–Kier alpha value is -3.00. The number of ether oxygens (including phenoxy) is 2. The number of hydrogen-bond acceptors (Lipinski definition) is 7. The zero-order chi connectivity index (χ0) is 19.3. The number of carbonyl (C=O) groups excluding carboxylic acids is 1. The average molecular weight is 397 g/mol. The van der Waals surface area contributed by atoms with Crippen LogP contribution in [0.5, 0.6) is 11.5 Å². The summed E-state index contributed by atoms with van der Waals surface area (Å²) in [7, 11) is 0. The van der Waals surface area contributed by atoms with E-state index >= 15 is 0 Å². The van der Waals surface area contributed by atoms with Crippen molar-refractivity contribution >= 4 is 23.7 Å². The lowest BCUT2D eigenvalue weighted by Crippen LogP contribution is -2.11. The Morgan fingerprint density at radius 3 is 2.79 bits per heavy atom. The van der Waals surface area contributed by atoms with Crippen molar-refractivity contribution in [1.29, 1.82) is 0 Å². The topological polar surface area (TPSA) is 86.5 Å². The van der Waals surface area contributed by atoms with E-state index in [0.717, 1.165) is 12.2 Å². The van der Waals surface area contributed by atoms with Crippen LogP contribution < -0.4 is 14.8 Å². The van der Waals surface area contributed by atoms with Crippen molar-refractivity contribution in [2.24, 2.45) is 0 Å². The van der Waals surface area contributed by atoms with Gasteiger partial charge in [0.15, 0.2) is 11.5 Å². The Balaban J connectivity index is 1.25. The molecule has 144 valence electrons. The Labute approximate surface area is 166 Å². The minimum absolute atomic E-state index is 0.0869. The summed E-state index contributed by atoms with van der Waals surface area (Å²) in [4.78, 5) is 13.3. The standard InChI is InChI=1S/C20H19N3O4S/c1-13-4-7-15(8-5-13)28-10-2-3-18(24)21-20-23-22-19(27-20)14-6-9-16-17(11-14)26-12-25-16/h4-9,11H,2-3,10,12H2,1H3,(H,21,23,24). The number of hydrogen-bond donors (Lipinski definition) is 1. The van der Waals surface area contributed by atoms with Gasteiger partial charge in [0.25, 0.3) is 0 Å². The van der Waals surface area contributed by atoms with Crippen LogP contribution in [0, 0.1) is 6.92 Å². The number of amides is 1. The highest BCUT2D eigenvalue weighted by Gasteiger charge is 2.17. The Kier molecular flexibility index (Phi) is 5.48. The van der Waals surface area contributed by atoms with Gasteiger partial charge in [-0.05, 0) is 49.4 Å². The summed E-state index contributed by atoms with van der Waals surface area (Å²) < 4.78 is 16.2. The molecule has 2 aromatic carbocycles. The third-order valence-corrected chi connectivity index (χ3v) is 5.23. The fraction of sp³-hybridized carbons (Fsp3) is 0.250. The van der Waals surface area contributed by atoms with Crippen molar-refractivity contribution in [3.05, 3.63) is 48.0 Å². The van der Waals surface area contributed by atoms with Gasteiger partial charge < -0.3 is 13.9 Å². The van der Waals surface area contributed by atoms with Crippen LogP contribution in [0.1, 0.15) is 18.4 Å². The first kappa shape index (κ1) is 18.4. The molecule has 0 radical (unpaired) electrons. The van der Waals surface area contributed by atoms with Crippen LogP contribution >= 0.6 is 11.8 Å². The third kappa shape index (κ3) is 4.45. The zero-order valence-corrected chi connectivity index (χ0v) is 16.1. The molecular formula is C20H19N3O4S. The van der Waals surface area contributed by atoms with E-state index in [9.17, 15) is 4.79 Å². The first-order valence-corrected chi connectivity index (χ1v) is 9.89. The molecule has 0 atom stereocenters. The van der Waals surface area contributed by atoms with Crippen LogP contribution in [0.25, 0.3) is 11.5 Å². The number of benzene rings is 2. The van der Waals surface area contributed by atoms with Gasteiger partial charge in [-0.3, -0.25) is 10.1 Å². The summed E-state index contributed by atoms with van der Waals surface area (Å²) in [6, 6.07) is 13.8. The van der Waals surface area contributed by atoms with Crippen LogP contribution in [0.4, 0.5) is 6.01 Å². The molecule has 0 saturated carbocycles. The quantitative estimate of drug-likeness (QED) is 0.470. The maximum Gasteiger partial charge on any atom is 0.322 e. The molecule has 1 N–H and O–H groups in total. The monoisotopic (exact) mass is 397 g/mol. The smallest absolute Gasteiger partial charge is 0.322 e. The number of fused-ring (bicyclic) bond motifs is 1. The lowest BCUT2D eigenvalue weighted by atomic mass is 10.2. The van der Waals surface area contributed by atoms with Crippen molar-refractivity contribution in [3.8, 4) is 23.0 Å². The van der Waals surface area contributed by atoms with Gasteiger partial charge in [0.2, 0.25) is 18.6 Å². The molecule has 1 amide bonds. The molecule has 28 heavy (non-hydrogen) atoms. The van der Waals surface area contributed by atoms with E-state index in [0.29, 0.717) is 29.4 Å². The lowest BCUT2D eigenvalue weighted by molar-refractivity contribution is -0.116. The SMILES string of the molecule is Cc1ccc(SCCCC(=O)Nc2nnc(-c3ccc4c(c3)OCO4)o2)cc1. The Morgan fingerprint density at radius 2 is 1.93 bits per heavy atom. The van der Waals surface area contributed by atoms with Gasteiger partial charge in [-0.25, -0.2) is 0 Å². The van der Waals surface area contributed by atoms with Gasteiger partial charge in [0.1, 0.15) is 0 Å². The number of thioether (sulfide) groups is 1. The molecule has 2 heterocycles. The molecular weight excluding hydrogens is 378 g/mol. The molecule has 0 spiro atoms. The first-order valence-electron chi connectivity index (χ1n) is 8.90. The van der Waals surface area contributed by atoms with Gasteiger partial charge in [-0.2, -0.15) is 0 Å². The van der Waals surface area contributed by atoms with Crippen molar-refractivity contribution < 1.29 is 18.7 Å². The summed E-state index contributed by atoms with van der Waals surface area (Å²) in [5.74, 6) is 2.34. The van der Waals surface area contributed by atoms with Crippen molar-refractivity contribution in [2.45, 2.75) is 24.7 Å². The number of rotatable bonds is 7. The minimum atomic E-state index is -0.148. The van der Waals surface area contributed by atoms with Gasteiger partial charge in [0, 0.05) is 16.9 Å². The molecule has 0 unspecified atom stereocenters. The predicted octanol–water partition coefficient (Wildman–Crippen LogP) is 4.28. The second kappa shape index (κ2) is 8.35. The maximum atomic E-state index is 12.1. The van der Waals surface area contributed by atoms with Crippen molar-refractivity contribution in [2.75, 3.05) is 17.9 Å². The molecule has 1 aliphatic rings. The zero-order valence-electron chi connectivity index (χ0n) is 15.3. The second-order valence-corrected chi connectivity index (χ2v) is 7.46. The highest BCUT2D eigenvalue weighted by molar-refractivity contribution is 7.99. The van der Waals surface area contributed by atoms with E-state index in [1.165, 1.54) is 10.5 Å². The number of nitrogens with zero attached hydrogens (tertiary/aromatic N) is 2. The molecule has 0 fully saturated rings. The highest BCUT2D eigenvalue weighted by atomic mass is 32.2. The van der Waals surface area contributed by atoms with E-state index in [1.54, 1.807) is 30.0 Å². The van der Waals surface area contributed by atoms with Crippen LogP contribution in [0.3, 0.4) is 0 Å². The molecule has 0 saturated heterocycles. The van der Waals surface area contributed by atoms with Crippen LogP contribution in [-0.2, 0) is 4.79 Å². The van der Waals surface area contributed by atoms with Crippen LogP contribution in [0.15, 0.2) is 51.8 Å². The molecule has 1 aromatic heterocycles. The fourth-order valence-electron chi connectivity index (χ4n) is 2.66.